The minimum absolute atomic E-state index is 0.0677. The molecule has 1 aromatic carbocycles. The van der Waals surface area contributed by atoms with Gasteiger partial charge in [0.15, 0.2) is 0 Å². The summed E-state index contributed by atoms with van der Waals surface area (Å²) in [7, 11) is 0. The lowest BCUT2D eigenvalue weighted by atomic mass is 10.1. The maximum absolute atomic E-state index is 10.7. The first-order valence-electron chi connectivity index (χ1n) is 10.2. The SMILES string of the molecule is CC(C)(C)NC=O.CCOCCCc1ccc(COCC(N)CCC(N)=O)cc1. The van der Waals surface area contributed by atoms with Crippen molar-refractivity contribution < 1.29 is 19.1 Å². The molecule has 166 valence electrons. The van der Waals surface area contributed by atoms with Crippen molar-refractivity contribution in [3.05, 3.63) is 35.4 Å². The Bertz CT molecular complexity index is 556. The molecule has 0 heterocycles. The van der Waals surface area contributed by atoms with E-state index in [1.165, 1.54) is 5.56 Å². The van der Waals surface area contributed by atoms with Gasteiger partial charge in [-0.15, -0.1) is 0 Å². The maximum atomic E-state index is 10.7. The van der Waals surface area contributed by atoms with E-state index < -0.39 is 0 Å². The zero-order chi connectivity index (χ0) is 22.1. The van der Waals surface area contributed by atoms with Crippen LogP contribution in [0.2, 0.25) is 0 Å². The molecule has 0 fully saturated rings. The molecule has 0 aliphatic carbocycles. The fraction of sp³-hybridized carbons (Fsp3) is 0.636. The van der Waals surface area contributed by atoms with Gasteiger partial charge in [0.05, 0.1) is 13.2 Å². The van der Waals surface area contributed by atoms with E-state index in [1.54, 1.807) is 0 Å². The normalized spacial score (nSPS) is 11.9. The van der Waals surface area contributed by atoms with Crippen LogP contribution in [-0.4, -0.2) is 43.7 Å². The Kier molecular flexibility index (Phi) is 14.8. The van der Waals surface area contributed by atoms with Gasteiger partial charge in [0.25, 0.3) is 0 Å². The molecule has 0 saturated carbocycles. The topological polar surface area (TPSA) is 117 Å². The Morgan fingerprint density at radius 2 is 1.79 bits per heavy atom. The Hall–Kier alpha value is -1.96. The number of aryl methyl sites for hydroxylation is 1. The van der Waals surface area contributed by atoms with Crippen LogP contribution >= 0.6 is 0 Å². The second-order valence-corrected chi connectivity index (χ2v) is 7.91. The zero-order valence-electron chi connectivity index (χ0n) is 18.4. The zero-order valence-corrected chi connectivity index (χ0v) is 18.4. The molecule has 2 amide bonds. The molecule has 1 atom stereocenters. The Balaban J connectivity index is 0.000000956. The molecule has 0 aliphatic heterocycles. The quantitative estimate of drug-likeness (QED) is 0.341. The van der Waals surface area contributed by atoms with Crippen LogP contribution in [0.4, 0.5) is 0 Å². The fourth-order valence-electron chi connectivity index (χ4n) is 2.24. The van der Waals surface area contributed by atoms with Crippen molar-refractivity contribution in [3.8, 4) is 0 Å². The van der Waals surface area contributed by atoms with E-state index in [4.69, 9.17) is 20.9 Å². The smallest absolute Gasteiger partial charge is 0.217 e. The highest BCUT2D eigenvalue weighted by Crippen LogP contribution is 2.08. The van der Waals surface area contributed by atoms with Crippen LogP contribution in [0.3, 0.4) is 0 Å². The van der Waals surface area contributed by atoms with Gasteiger partial charge in [0.2, 0.25) is 12.3 Å². The number of hydrogen-bond donors (Lipinski definition) is 3. The third-order valence-corrected chi connectivity index (χ3v) is 3.84. The molecule has 0 saturated heterocycles. The summed E-state index contributed by atoms with van der Waals surface area (Å²) < 4.78 is 10.9. The summed E-state index contributed by atoms with van der Waals surface area (Å²) in [6.07, 6.45) is 3.65. The predicted octanol–water partition coefficient (Wildman–Crippen LogP) is 2.30. The Morgan fingerprint density at radius 3 is 2.28 bits per heavy atom. The van der Waals surface area contributed by atoms with Crippen LogP contribution < -0.4 is 16.8 Å². The largest absolute Gasteiger partial charge is 0.382 e. The molecule has 5 N–H and O–H groups in total. The van der Waals surface area contributed by atoms with Gasteiger partial charge in [-0.1, -0.05) is 24.3 Å². The van der Waals surface area contributed by atoms with Gasteiger partial charge < -0.3 is 26.3 Å². The van der Waals surface area contributed by atoms with E-state index >= 15 is 0 Å². The van der Waals surface area contributed by atoms with Crippen LogP contribution in [0.5, 0.6) is 0 Å². The number of carbonyl (C=O) groups excluding carboxylic acids is 2. The number of hydrogen-bond acceptors (Lipinski definition) is 5. The van der Waals surface area contributed by atoms with E-state index in [1.807, 2.05) is 27.7 Å². The number of rotatable bonds is 13. The van der Waals surface area contributed by atoms with Crippen LogP contribution in [0.25, 0.3) is 0 Å². The number of nitrogens with two attached hydrogens (primary N) is 2. The van der Waals surface area contributed by atoms with E-state index in [2.05, 4.69) is 29.6 Å². The van der Waals surface area contributed by atoms with Crippen molar-refractivity contribution in [2.75, 3.05) is 19.8 Å². The molecular weight excluding hydrogens is 370 g/mol. The second-order valence-electron chi connectivity index (χ2n) is 7.91. The summed E-state index contributed by atoms with van der Waals surface area (Å²) in [6, 6.07) is 8.25. The van der Waals surface area contributed by atoms with Crippen molar-refractivity contribution in [1.82, 2.24) is 5.32 Å². The first-order chi connectivity index (χ1) is 13.7. The molecule has 0 spiro atoms. The molecule has 7 nitrogen and oxygen atoms in total. The third-order valence-electron chi connectivity index (χ3n) is 3.84. The minimum Gasteiger partial charge on any atom is -0.382 e. The van der Waals surface area contributed by atoms with Crippen molar-refractivity contribution in [3.63, 3.8) is 0 Å². The van der Waals surface area contributed by atoms with Crippen molar-refractivity contribution in [2.24, 2.45) is 11.5 Å². The highest BCUT2D eigenvalue weighted by atomic mass is 16.5. The summed E-state index contributed by atoms with van der Waals surface area (Å²) in [5.41, 5.74) is 13.3. The first-order valence-corrected chi connectivity index (χ1v) is 10.2. The van der Waals surface area contributed by atoms with E-state index in [9.17, 15) is 9.59 Å². The average Bonchev–Trinajstić information content (AvgIpc) is 2.64. The van der Waals surface area contributed by atoms with Gasteiger partial charge in [-0.05, 0) is 58.1 Å². The van der Waals surface area contributed by atoms with Crippen LogP contribution in [0, 0.1) is 0 Å². The molecule has 1 rings (SSSR count). The van der Waals surface area contributed by atoms with Crippen LogP contribution in [0.15, 0.2) is 24.3 Å². The van der Waals surface area contributed by atoms with Gasteiger partial charge in [0, 0.05) is 31.2 Å². The van der Waals surface area contributed by atoms with Crippen molar-refractivity contribution in [2.45, 2.75) is 71.6 Å². The Labute approximate surface area is 175 Å². The van der Waals surface area contributed by atoms with Gasteiger partial charge >= 0.3 is 0 Å². The number of nitrogens with one attached hydrogen (secondary N) is 1. The van der Waals surface area contributed by atoms with Gasteiger partial charge in [-0.25, -0.2) is 0 Å². The lowest BCUT2D eigenvalue weighted by Crippen LogP contribution is -2.34. The molecule has 0 aliphatic rings. The van der Waals surface area contributed by atoms with Gasteiger partial charge in [-0.2, -0.15) is 0 Å². The lowest BCUT2D eigenvalue weighted by molar-refractivity contribution is -0.118. The summed E-state index contributed by atoms with van der Waals surface area (Å²) >= 11 is 0. The minimum atomic E-state index is -0.324. The maximum Gasteiger partial charge on any atom is 0.217 e. The highest BCUT2D eigenvalue weighted by Gasteiger charge is 2.05. The molecule has 1 aromatic rings. The molecular formula is C22H39N3O4. The first kappa shape index (κ1) is 27.0. The van der Waals surface area contributed by atoms with Crippen molar-refractivity contribution >= 4 is 12.3 Å². The summed E-state index contributed by atoms with van der Waals surface area (Å²) in [5, 5.41) is 2.60. The van der Waals surface area contributed by atoms with E-state index in [-0.39, 0.29) is 17.5 Å². The monoisotopic (exact) mass is 409 g/mol. The predicted molar refractivity (Wildman–Crippen MR) is 116 cm³/mol. The van der Waals surface area contributed by atoms with E-state index in [0.29, 0.717) is 32.5 Å². The van der Waals surface area contributed by atoms with Crippen molar-refractivity contribution in [1.29, 1.82) is 0 Å². The lowest BCUT2D eigenvalue weighted by Gasteiger charge is -2.15. The second kappa shape index (κ2) is 15.9. The summed E-state index contributed by atoms with van der Waals surface area (Å²) in [4.78, 5) is 20.4. The van der Waals surface area contributed by atoms with Crippen LogP contribution in [0.1, 0.15) is 58.1 Å². The van der Waals surface area contributed by atoms with E-state index in [0.717, 1.165) is 31.6 Å². The number of primary amides is 1. The molecule has 1 unspecified atom stereocenters. The summed E-state index contributed by atoms with van der Waals surface area (Å²) in [6.45, 7) is 10.4. The number of carbonyl (C=O) groups is 2. The third kappa shape index (κ3) is 17.8. The fourth-order valence-corrected chi connectivity index (χ4v) is 2.24. The molecule has 0 radical (unpaired) electrons. The Morgan fingerprint density at radius 1 is 1.17 bits per heavy atom. The van der Waals surface area contributed by atoms with Crippen LogP contribution in [-0.2, 0) is 32.1 Å². The van der Waals surface area contributed by atoms with Gasteiger partial charge in [-0.3, -0.25) is 9.59 Å². The molecule has 0 aromatic heterocycles. The standard InChI is InChI=1S/C17H28N2O3.C5H11NO/c1-2-21-11-3-4-14-5-7-15(8-6-14)12-22-13-16(18)9-10-17(19)20;1-5(2,3)6-4-7/h5-8,16H,2-4,9-13,18H2,1H3,(H2,19,20);4H,1-3H3,(H,6,7). The molecule has 29 heavy (non-hydrogen) atoms. The average molecular weight is 410 g/mol. The molecule has 7 heteroatoms. The number of amides is 2. The van der Waals surface area contributed by atoms with Gasteiger partial charge in [0.1, 0.15) is 0 Å². The summed E-state index contributed by atoms with van der Waals surface area (Å²) in [5.74, 6) is -0.324. The molecule has 0 bridgehead atoms. The number of ether oxygens (including phenoxy) is 2. The highest BCUT2D eigenvalue weighted by molar-refractivity contribution is 5.73. The number of benzene rings is 1.